The minimum atomic E-state index is -0.890. The molecule has 18 heavy (non-hydrogen) atoms. The van der Waals surface area contributed by atoms with E-state index in [4.69, 9.17) is 9.84 Å². The van der Waals surface area contributed by atoms with Crippen LogP contribution >= 0.6 is 0 Å². The molecule has 0 aromatic heterocycles. The van der Waals surface area contributed by atoms with E-state index < -0.39 is 5.97 Å². The monoisotopic (exact) mass is 251 g/mol. The van der Waals surface area contributed by atoms with Crippen LogP contribution in [-0.4, -0.2) is 42.5 Å². The van der Waals surface area contributed by atoms with E-state index >= 15 is 0 Å². The Morgan fingerprint density at radius 3 is 2.56 bits per heavy atom. The maximum absolute atomic E-state index is 11.3. The third-order valence-electron chi connectivity index (χ3n) is 2.53. The van der Waals surface area contributed by atoms with Gasteiger partial charge in [-0.1, -0.05) is 0 Å². The van der Waals surface area contributed by atoms with Gasteiger partial charge in [0.05, 0.1) is 13.7 Å². The number of nitrogens with zero attached hydrogens (tertiary/aromatic N) is 1. The summed E-state index contributed by atoms with van der Waals surface area (Å²) in [7, 11) is 3.25. The molecule has 0 aliphatic carbocycles. The van der Waals surface area contributed by atoms with E-state index in [-0.39, 0.29) is 12.3 Å². The number of ether oxygens (including phenoxy) is 1. The first kappa shape index (κ1) is 14.2. The highest BCUT2D eigenvalue weighted by Gasteiger charge is 2.11. The van der Waals surface area contributed by atoms with Gasteiger partial charge in [0.15, 0.2) is 5.78 Å². The van der Waals surface area contributed by atoms with E-state index in [1.807, 2.05) is 0 Å². The number of carboxylic acid groups (broad SMARTS) is 1. The summed E-state index contributed by atoms with van der Waals surface area (Å²) in [5, 5.41) is 8.70. The number of likely N-dealkylation sites (N-methyl/N-ethyl adjacent to an activating group) is 1. The average molecular weight is 251 g/mol. The molecule has 0 bridgehead atoms. The molecule has 0 fully saturated rings. The Bertz CT molecular complexity index is 456. The van der Waals surface area contributed by atoms with Crippen molar-refractivity contribution < 1.29 is 19.4 Å². The lowest BCUT2D eigenvalue weighted by Gasteiger charge is -2.16. The second kappa shape index (κ2) is 6.16. The number of hydrogen-bond acceptors (Lipinski definition) is 4. The number of benzene rings is 1. The van der Waals surface area contributed by atoms with E-state index in [0.29, 0.717) is 17.9 Å². The molecule has 5 heteroatoms. The lowest BCUT2D eigenvalue weighted by Crippen LogP contribution is -2.25. The van der Waals surface area contributed by atoms with Crippen LogP contribution in [0.2, 0.25) is 0 Å². The van der Waals surface area contributed by atoms with Gasteiger partial charge >= 0.3 is 5.97 Å². The van der Waals surface area contributed by atoms with Gasteiger partial charge < -0.3 is 9.84 Å². The molecule has 0 aliphatic heterocycles. The van der Waals surface area contributed by atoms with Crippen molar-refractivity contribution in [1.82, 2.24) is 4.90 Å². The number of rotatable bonds is 6. The molecule has 0 radical (unpaired) electrons. The number of Topliss-reactive ketones (excluding diaryl/α,β-unsaturated/α-hetero) is 1. The zero-order valence-corrected chi connectivity index (χ0v) is 10.8. The molecule has 1 rings (SSSR count). The van der Waals surface area contributed by atoms with Crippen molar-refractivity contribution in [3.8, 4) is 5.75 Å². The van der Waals surface area contributed by atoms with Gasteiger partial charge in [-0.05, 0) is 32.2 Å². The third-order valence-corrected chi connectivity index (χ3v) is 2.53. The van der Waals surface area contributed by atoms with Crippen LogP contribution < -0.4 is 4.74 Å². The van der Waals surface area contributed by atoms with E-state index in [2.05, 4.69) is 0 Å². The fourth-order valence-corrected chi connectivity index (χ4v) is 1.70. The van der Waals surface area contributed by atoms with Crippen molar-refractivity contribution in [2.24, 2.45) is 0 Å². The Balaban J connectivity index is 2.94. The molecule has 0 spiro atoms. The maximum atomic E-state index is 11.3. The molecule has 5 nitrogen and oxygen atoms in total. The summed E-state index contributed by atoms with van der Waals surface area (Å²) in [5.41, 5.74) is 1.39. The van der Waals surface area contributed by atoms with Crippen LogP contribution in [-0.2, 0) is 11.3 Å². The smallest absolute Gasteiger partial charge is 0.317 e. The van der Waals surface area contributed by atoms with Crippen molar-refractivity contribution in [2.45, 2.75) is 13.5 Å². The van der Waals surface area contributed by atoms with Crippen LogP contribution in [0.4, 0.5) is 0 Å². The molecule has 0 saturated carbocycles. The van der Waals surface area contributed by atoms with Gasteiger partial charge in [-0.15, -0.1) is 0 Å². The zero-order valence-electron chi connectivity index (χ0n) is 10.8. The normalized spacial score (nSPS) is 10.4. The fourth-order valence-electron chi connectivity index (χ4n) is 1.70. The Hall–Kier alpha value is -1.88. The van der Waals surface area contributed by atoms with Gasteiger partial charge in [-0.2, -0.15) is 0 Å². The lowest BCUT2D eigenvalue weighted by atomic mass is 10.1. The van der Waals surface area contributed by atoms with Crippen molar-refractivity contribution in [1.29, 1.82) is 0 Å². The Morgan fingerprint density at radius 2 is 2.06 bits per heavy atom. The quantitative estimate of drug-likeness (QED) is 0.774. The first-order chi connectivity index (χ1) is 8.43. The molecule has 0 heterocycles. The highest BCUT2D eigenvalue weighted by Crippen LogP contribution is 2.21. The molecule has 98 valence electrons. The predicted octanol–water partition coefficient (Wildman–Crippen LogP) is 1.41. The number of ketones is 1. The average Bonchev–Trinajstić information content (AvgIpc) is 2.27. The molecule has 0 saturated heterocycles. The van der Waals surface area contributed by atoms with E-state index in [1.165, 1.54) is 6.92 Å². The van der Waals surface area contributed by atoms with Gasteiger partial charge in [0.1, 0.15) is 5.75 Å². The van der Waals surface area contributed by atoms with Crippen LogP contribution in [0, 0.1) is 0 Å². The summed E-state index contributed by atoms with van der Waals surface area (Å²) < 4.78 is 5.20. The van der Waals surface area contributed by atoms with Crippen molar-refractivity contribution >= 4 is 11.8 Å². The summed E-state index contributed by atoms with van der Waals surface area (Å²) in [5.74, 6) is -0.267. The SMILES string of the molecule is COc1ccc(C(C)=O)cc1CN(C)CC(=O)O. The number of carbonyl (C=O) groups excluding carboxylic acids is 1. The Kier molecular flexibility index (Phi) is 4.85. The topological polar surface area (TPSA) is 66.8 Å². The second-order valence-corrected chi connectivity index (χ2v) is 4.15. The van der Waals surface area contributed by atoms with Crippen LogP contribution in [0.3, 0.4) is 0 Å². The molecule has 1 aromatic rings. The summed E-state index contributed by atoms with van der Waals surface area (Å²) in [6.07, 6.45) is 0. The first-order valence-corrected chi connectivity index (χ1v) is 5.52. The molecule has 1 aromatic carbocycles. The zero-order chi connectivity index (χ0) is 13.7. The standard InChI is InChI=1S/C13H17NO4/c1-9(15)10-4-5-12(18-3)11(6-10)7-14(2)8-13(16)17/h4-6H,7-8H2,1-3H3,(H,16,17). The number of carboxylic acids is 1. The maximum Gasteiger partial charge on any atom is 0.317 e. The summed E-state index contributed by atoms with van der Waals surface area (Å²) >= 11 is 0. The minimum absolute atomic E-state index is 0.0280. The number of aliphatic carboxylic acids is 1. The van der Waals surface area contributed by atoms with Crippen LogP contribution in [0.5, 0.6) is 5.75 Å². The largest absolute Gasteiger partial charge is 0.496 e. The van der Waals surface area contributed by atoms with E-state index in [0.717, 1.165) is 5.56 Å². The van der Waals surface area contributed by atoms with Gasteiger partial charge in [0.2, 0.25) is 0 Å². The minimum Gasteiger partial charge on any atom is -0.496 e. The van der Waals surface area contributed by atoms with Gasteiger partial charge in [-0.25, -0.2) is 0 Å². The molecule has 0 atom stereocenters. The van der Waals surface area contributed by atoms with Crippen LogP contribution in [0.25, 0.3) is 0 Å². The van der Waals surface area contributed by atoms with Crippen molar-refractivity contribution in [3.05, 3.63) is 29.3 Å². The fraction of sp³-hybridized carbons (Fsp3) is 0.385. The predicted molar refractivity (Wildman–Crippen MR) is 67.0 cm³/mol. The Morgan fingerprint density at radius 1 is 1.39 bits per heavy atom. The van der Waals surface area contributed by atoms with Crippen molar-refractivity contribution in [2.75, 3.05) is 20.7 Å². The lowest BCUT2D eigenvalue weighted by molar-refractivity contribution is -0.138. The van der Waals surface area contributed by atoms with Gasteiger partial charge in [0, 0.05) is 17.7 Å². The molecular formula is C13H17NO4. The summed E-state index contributed by atoms with van der Waals surface area (Å²) in [4.78, 5) is 23.6. The van der Waals surface area contributed by atoms with Crippen LogP contribution in [0.15, 0.2) is 18.2 Å². The molecule has 0 aliphatic rings. The van der Waals surface area contributed by atoms with E-state index in [9.17, 15) is 9.59 Å². The van der Waals surface area contributed by atoms with E-state index in [1.54, 1.807) is 37.3 Å². The summed E-state index contributed by atoms with van der Waals surface area (Å²) in [6.45, 7) is 1.84. The molecule has 0 unspecified atom stereocenters. The highest BCUT2D eigenvalue weighted by atomic mass is 16.5. The third kappa shape index (κ3) is 3.85. The summed E-state index contributed by atoms with van der Waals surface area (Å²) in [6, 6.07) is 5.15. The molecule has 1 N–H and O–H groups in total. The second-order valence-electron chi connectivity index (χ2n) is 4.15. The number of methoxy groups -OCH3 is 1. The van der Waals surface area contributed by atoms with Gasteiger partial charge in [-0.3, -0.25) is 14.5 Å². The van der Waals surface area contributed by atoms with Gasteiger partial charge in [0.25, 0.3) is 0 Å². The van der Waals surface area contributed by atoms with Crippen molar-refractivity contribution in [3.63, 3.8) is 0 Å². The number of hydrogen-bond donors (Lipinski definition) is 1. The molecule has 0 amide bonds. The number of carbonyl (C=O) groups is 2. The van der Waals surface area contributed by atoms with Crippen LogP contribution in [0.1, 0.15) is 22.8 Å². The first-order valence-electron chi connectivity index (χ1n) is 5.52. The Labute approximate surface area is 106 Å². The highest BCUT2D eigenvalue weighted by molar-refractivity contribution is 5.94. The molecular weight excluding hydrogens is 234 g/mol.